The number of hydrogen-bond acceptors (Lipinski definition) is 0. The van der Waals surface area contributed by atoms with Crippen molar-refractivity contribution in [3.05, 3.63) is 171 Å². The standard InChI is InChI=1S/C31H36.C9H14.C9H12.2C2H6/c1-9-14-24-21(19-30(5,6)26(24)11-3)18-27-22(10-2)29-25-16-13-12-15-23(25)20(4)17-28(29)31(27,7)8;1-7-4-8(2)6-9(3)5-7;1-7-4-5-8(2)9(3)6-7;2*1-2/h9-19,28-29H,1H2,2-8H3;4-5,8H,6H2,1-3H3;4-6H,1-3H3;2*1-2H3/b22-10+,24-14-,26-11+,27-18+;;;;. The van der Waals surface area contributed by atoms with Gasteiger partial charge in [-0.05, 0) is 135 Å². The monoisotopic (exact) mass is 711 g/mol. The molecule has 0 saturated heterocycles. The molecule has 4 aliphatic carbocycles. The summed E-state index contributed by atoms with van der Waals surface area (Å²) in [6.07, 6.45) is 22.0. The number of fused-ring (bicyclic) bond motifs is 3. The van der Waals surface area contributed by atoms with Crippen LogP contribution < -0.4 is 0 Å². The Balaban J connectivity index is 0.000000359. The van der Waals surface area contributed by atoms with E-state index in [2.05, 4.69) is 188 Å². The van der Waals surface area contributed by atoms with Gasteiger partial charge in [0.1, 0.15) is 0 Å². The van der Waals surface area contributed by atoms with Gasteiger partial charge in [0.15, 0.2) is 0 Å². The van der Waals surface area contributed by atoms with Gasteiger partial charge in [0.05, 0.1) is 0 Å². The van der Waals surface area contributed by atoms with Crippen molar-refractivity contribution in [1.29, 1.82) is 0 Å². The van der Waals surface area contributed by atoms with Gasteiger partial charge in [0, 0.05) is 11.3 Å². The Bertz CT molecular complexity index is 1830. The molecule has 4 aliphatic rings. The topological polar surface area (TPSA) is 0 Å². The molecule has 6 rings (SSSR count). The van der Waals surface area contributed by atoms with Crippen LogP contribution in [-0.4, -0.2) is 0 Å². The van der Waals surface area contributed by atoms with Crippen LogP contribution in [-0.2, 0) is 0 Å². The van der Waals surface area contributed by atoms with Crippen molar-refractivity contribution in [2.45, 2.75) is 130 Å². The highest BCUT2D eigenvalue weighted by molar-refractivity contribution is 5.74. The summed E-state index contributed by atoms with van der Waals surface area (Å²) in [5.74, 6) is 1.66. The summed E-state index contributed by atoms with van der Waals surface area (Å²) < 4.78 is 0. The van der Waals surface area contributed by atoms with Crippen molar-refractivity contribution >= 4 is 5.57 Å². The SMILES string of the molecule is C=C/C=C1/C(/C=C2\C(=C/C)C3c4ccccc4C(C)=CC3C2(C)C)=CC(C)(C)/C1=C/C.CC.CC.CC1=CC(C)CC(C)=C1.Cc1ccc(C)c(C)c1. The smallest absolute Gasteiger partial charge is 0.0166 e. The lowest BCUT2D eigenvalue weighted by atomic mass is 9.70. The van der Waals surface area contributed by atoms with Gasteiger partial charge in [-0.15, -0.1) is 0 Å². The fraction of sp³-hybridized carbons (Fsp3) is 0.434. The maximum atomic E-state index is 3.99. The number of rotatable bonds is 2. The molecule has 3 unspecified atom stereocenters. The molecule has 0 bridgehead atoms. The van der Waals surface area contributed by atoms with E-state index in [1.807, 2.05) is 33.8 Å². The molecular formula is C53H74. The van der Waals surface area contributed by atoms with Crippen LogP contribution in [0, 0.1) is 43.4 Å². The Morgan fingerprint density at radius 3 is 1.94 bits per heavy atom. The van der Waals surface area contributed by atoms with Crippen LogP contribution in [0.2, 0.25) is 0 Å². The molecule has 0 amide bonds. The van der Waals surface area contributed by atoms with E-state index < -0.39 is 0 Å². The van der Waals surface area contributed by atoms with E-state index in [1.165, 1.54) is 78.8 Å². The number of benzene rings is 2. The van der Waals surface area contributed by atoms with Crippen LogP contribution in [0.3, 0.4) is 0 Å². The highest BCUT2D eigenvalue weighted by Crippen LogP contribution is 2.62. The van der Waals surface area contributed by atoms with E-state index in [4.69, 9.17) is 0 Å². The summed E-state index contributed by atoms with van der Waals surface area (Å²) >= 11 is 0. The van der Waals surface area contributed by atoms with Gasteiger partial charge in [-0.1, -0.05) is 183 Å². The van der Waals surface area contributed by atoms with Gasteiger partial charge in [-0.2, -0.15) is 0 Å². The van der Waals surface area contributed by atoms with Crippen molar-refractivity contribution in [3.63, 3.8) is 0 Å². The third-order valence-corrected chi connectivity index (χ3v) is 11.0. The second-order valence-corrected chi connectivity index (χ2v) is 16.0. The fourth-order valence-electron chi connectivity index (χ4n) is 8.64. The molecular weight excluding hydrogens is 637 g/mol. The highest BCUT2D eigenvalue weighted by Gasteiger charge is 2.50. The lowest BCUT2D eigenvalue weighted by molar-refractivity contribution is 0.344. The van der Waals surface area contributed by atoms with Gasteiger partial charge >= 0.3 is 0 Å². The number of aryl methyl sites for hydroxylation is 3. The van der Waals surface area contributed by atoms with Gasteiger partial charge in [0.25, 0.3) is 0 Å². The zero-order valence-electron chi connectivity index (χ0n) is 36.9. The Morgan fingerprint density at radius 2 is 1.42 bits per heavy atom. The zero-order valence-corrected chi connectivity index (χ0v) is 36.9. The molecule has 0 heteroatoms. The van der Waals surface area contributed by atoms with Crippen LogP contribution >= 0.6 is 0 Å². The molecule has 1 saturated carbocycles. The first-order valence-corrected chi connectivity index (χ1v) is 20.3. The van der Waals surface area contributed by atoms with E-state index in [0.717, 1.165) is 5.92 Å². The molecule has 3 atom stereocenters. The lowest BCUT2D eigenvalue weighted by Gasteiger charge is -2.33. The Labute approximate surface area is 327 Å². The van der Waals surface area contributed by atoms with Gasteiger partial charge in [0.2, 0.25) is 0 Å². The predicted octanol–water partition coefficient (Wildman–Crippen LogP) is 16.3. The second kappa shape index (κ2) is 20.0. The van der Waals surface area contributed by atoms with Crippen LogP contribution in [0.25, 0.3) is 5.57 Å². The van der Waals surface area contributed by atoms with Crippen LogP contribution in [0.15, 0.2) is 143 Å². The molecule has 0 spiro atoms. The van der Waals surface area contributed by atoms with Crippen LogP contribution in [0.5, 0.6) is 0 Å². The largest absolute Gasteiger partial charge is 0.0990 e. The Hall–Kier alpha value is -3.90. The first kappa shape index (κ1) is 45.3. The third-order valence-electron chi connectivity index (χ3n) is 11.0. The van der Waals surface area contributed by atoms with Crippen molar-refractivity contribution in [2.24, 2.45) is 22.7 Å². The predicted molar refractivity (Wildman–Crippen MR) is 240 cm³/mol. The van der Waals surface area contributed by atoms with Crippen molar-refractivity contribution in [2.75, 3.05) is 0 Å². The normalized spacial score (nSPS) is 24.7. The molecule has 1 fully saturated rings. The van der Waals surface area contributed by atoms with Crippen LogP contribution in [0.4, 0.5) is 0 Å². The summed E-state index contributed by atoms with van der Waals surface area (Å²) in [4.78, 5) is 0. The van der Waals surface area contributed by atoms with E-state index >= 15 is 0 Å². The second-order valence-electron chi connectivity index (χ2n) is 16.0. The van der Waals surface area contributed by atoms with Crippen molar-refractivity contribution in [1.82, 2.24) is 0 Å². The number of hydrogen-bond donors (Lipinski definition) is 0. The van der Waals surface area contributed by atoms with E-state index in [1.54, 1.807) is 0 Å². The van der Waals surface area contributed by atoms with Crippen LogP contribution in [0.1, 0.15) is 137 Å². The average Bonchev–Trinajstić information content (AvgIpc) is 3.48. The highest BCUT2D eigenvalue weighted by atomic mass is 14.5. The van der Waals surface area contributed by atoms with E-state index in [-0.39, 0.29) is 10.8 Å². The van der Waals surface area contributed by atoms with Gasteiger partial charge in [-0.3, -0.25) is 0 Å². The maximum Gasteiger partial charge on any atom is 0.0166 e. The summed E-state index contributed by atoms with van der Waals surface area (Å²) in [5.41, 5.74) is 18.4. The van der Waals surface area contributed by atoms with E-state index in [0.29, 0.717) is 11.8 Å². The molecule has 0 radical (unpaired) electrons. The molecule has 0 aliphatic heterocycles. The van der Waals surface area contributed by atoms with E-state index in [9.17, 15) is 0 Å². The lowest BCUT2D eigenvalue weighted by Crippen LogP contribution is -2.23. The van der Waals surface area contributed by atoms with Crippen molar-refractivity contribution in [3.8, 4) is 0 Å². The molecule has 0 nitrogen and oxygen atoms in total. The first-order valence-electron chi connectivity index (χ1n) is 20.3. The Morgan fingerprint density at radius 1 is 0.774 bits per heavy atom. The first-order chi connectivity index (χ1) is 25.0. The minimum atomic E-state index is 0.0324. The summed E-state index contributed by atoms with van der Waals surface area (Å²) in [7, 11) is 0. The van der Waals surface area contributed by atoms with Crippen molar-refractivity contribution < 1.29 is 0 Å². The molecule has 0 N–H and O–H groups in total. The zero-order chi connectivity index (χ0) is 40.3. The molecule has 53 heavy (non-hydrogen) atoms. The maximum absolute atomic E-state index is 3.99. The molecule has 2 aromatic carbocycles. The molecule has 2 aromatic rings. The summed E-state index contributed by atoms with van der Waals surface area (Å²) in [6.45, 7) is 41.1. The van der Waals surface area contributed by atoms with Gasteiger partial charge < -0.3 is 0 Å². The quantitative estimate of drug-likeness (QED) is 0.291. The van der Waals surface area contributed by atoms with Gasteiger partial charge in [-0.25, -0.2) is 0 Å². The summed E-state index contributed by atoms with van der Waals surface area (Å²) in [6, 6.07) is 15.5. The minimum Gasteiger partial charge on any atom is -0.0990 e. The minimum absolute atomic E-state index is 0.0324. The number of allylic oxidation sites excluding steroid dienone is 17. The molecule has 286 valence electrons. The molecule has 0 heterocycles. The third kappa shape index (κ3) is 10.6. The molecule has 0 aromatic heterocycles. The Kier molecular flexibility index (Phi) is 17.1. The summed E-state index contributed by atoms with van der Waals surface area (Å²) in [5, 5.41) is 0. The fourth-order valence-corrected chi connectivity index (χ4v) is 8.64. The average molecular weight is 711 g/mol.